The van der Waals surface area contributed by atoms with Gasteiger partial charge in [0.15, 0.2) is 5.82 Å². The Morgan fingerprint density at radius 2 is 1.98 bits per heavy atom. The minimum atomic E-state index is -0.914. The summed E-state index contributed by atoms with van der Waals surface area (Å²) < 4.78 is 51.9. The maximum absolute atomic E-state index is 16.6. The lowest BCUT2D eigenvalue weighted by atomic mass is 9.92. The third kappa shape index (κ3) is 4.53. The summed E-state index contributed by atoms with van der Waals surface area (Å²) in [5.74, 6) is 1.75. The van der Waals surface area contributed by atoms with Gasteiger partial charge in [-0.2, -0.15) is 9.97 Å². The lowest BCUT2D eigenvalue weighted by molar-refractivity contribution is 0.107. The maximum Gasteiger partial charge on any atom is 0.319 e. The molecule has 0 saturated carbocycles. The van der Waals surface area contributed by atoms with E-state index in [2.05, 4.69) is 15.8 Å². The van der Waals surface area contributed by atoms with Crippen LogP contribution in [-0.2, 0) is 0 Å². The number of phenols is 1. The van der Waals surface area contributed by atoms with Crippen molar-refractivity contribution in [3.05, 3.63) is 53.6 Å². The van der Waals surface area contributed by atoms with E-state index >= 15 is 4.39 Å². The molecule has 0 spiro atoms. The number of nitrogens with zero attached hydrogens (tertiary/aromatic N) is 4. The fourth-order valence-electron chi connectivity index (χ4n) is 7.08. The van der Waals surface area contributed by atoms with Crippen LogP contribution in [0.4, 0.5) is 19.0 Å². The van der Waals surface area contributed by atoms with Crippen LogP contribution in [0.3, 0.4) is 0 Å². The van der Waals surface area contributed by atoms with Crippen LogP contribution in [0, 0.1) is 29.9 Å². The first-order chi connectivity index (χ1) is 20.7. The summed E-state index contributed by atoms with van der Waals surface area (Å²) in [7, 11) is 0. The van der Waals surface area contributed by atoms with Gasteiger partial charge in [-0.15, -0.1) is 6.42 Å². The van der Waals surface area contributed by atoms with Gasteiger partial charge in [0.25, 0.3) is 0 Å². The van der Waals surface area contributed by atoms with Gasteiger partial charge in [-0.1, -0.05) is 18.1 Å². The Bertz CT molecular complexity index is 1800. The number of rotatable bonds is 6. The molecule has 4 aromatic rings. The number of hydrogen-bond acceptors (Lipinski definition) is 7. The van der Waals surface area contributed by atoms with Gasteiger partial charge in [0.2, 0.25) is 0 Å². The topological polar surface area (TPSA) is 87.7 Å². The van der Waals surface area contributed by atoms with Gasteiger partial charge in [-0.25, -0.2) is 13.2 Å². The second-order valence-electron chi connectivity index (χ2n) is 12.2. The summed E-state index contributed by atoms with van der Waals surface area (Å²) in [4.78, 5) is 13.4. The number of aromatic hydroxyl groups is 1. The van der Waals surface area contributed by atoms with Gasteiger partial charge < -0.3 is 20.5 Å². The van der Waals surface area contributed by atoms with E-state index in [1.165, 1.54) is 24.3 Å². The molecule has 3 fully saturated rings. The number of ether oxygens (including phenoxy) is 1. The van der Waals surface area contributed by atoms with Gasteiger partial charge in [-0.05, 0) is 61.5 Å². The zero-order valence-electron chi connectivity index (χ0n) is 23.8. The summed E-state index contributed by atoms with van der Waals surface area (Å²) in [6, 6.07) is 8.84. The second-order valence-corrected chi connectivity index (χ2v) is 12.2. The summed E-state index contributed by atoms with van der Waals surface area (Å²) >= 11 is 0. The Labute approximate surface area is 247 Å². The van der Waals surface area contributed by atoms with Gasteiger partial charge >= 0.3 is 6.01 Å². The quantitative estimate of drug-likeness (QED) is 0.302. The number of alkyl halides is 1. The number of anilines is 1. The molecule has 0 aliphatic carbocycles. The number of phenolic OH excluding ortho intramolecular Hbond substituents is 1. The number of benzene rings is 3. The second kappa shape index (κ2) is 10.3. The fourth-order valence-corrected chi connectivity index (χ4v) is 7.08. The first kappa shape index (κ1) is 27.7. The van der Waals surface area contributed by atoms with Crippen LogP contribution in [-0.4, -0.2) is 70.5 Å². The molecule has 3 atom stereocenters. The SMILES string of the molecule is C#Cc1c(F)ccc2cc(O)cc(-c3ccc4c(N5CC(C(C)N)C5)nc(OC[C@@]56CCCN5C[C@H](F)C6)nc4c3F)c12. The molecule has 0 radical (unpaired) electrons. The van der Waals surface area contributed by atoms with E-state index in [1.807, 2.05) is 11.8 Å². The largest absolute Gasteiger partial charge is 0.508 e. The molecule has 3 N–H and O–H groups in total. The Morgan fingerprint density at radius 3 is 2.74 bits per heavy atom. The fraction of sp³-hybridized carbons (Fsp3) is 0.394. The highest BCUT2D eigenvalue weighted by Crippen LogP contribution is 2.42. The van der Waals surface area contributed by atoms with Crippen LogP contribution < -0.4 is 15.4 Å². The Hall–Kier alpha value is -4.07. The van der Waals surface area contributed by atoms with Gasteiger partial charge in [-0.3, -0.25) is 4.90 Å². The van der Waals surface area contributed by atoms with Gasteiger partial charge in [0, 0.05) is 54.4 Å². The van der Waals surface area contributed by atoms with Crippen molar-refractivity contribution in [2.24, 2.45) is 11.7 Å². The van der Waals surface area contributed by atoms with Gasteiger partial charge in [0.05, 0.1) is 11.1 Å². The lowest BCUT2D eigenvalue weighted by Crippen LogP contribution is -2.54. The van der Waals surface area contributed by atoms with Crippen molar-refractivity contribution in [2.75, 3.05) is 37.7 Å². The van der Waals surface area contributed by atoms with Crippen LogP contribution in [0.2, 0.25) is 0 Å². The first-order valence-electron chi connectivity index (χ1n) is 14.6. The Kier molecular flexibility index (Phi) is 6.63. The Balaban J connectivity index is 1.36. The van der Waals surface area contributed by atoms with E-state index in [0.29, 0.717) is 48.0 Å². The number of halogens is 3. The minimum Gasteiger partial charge on any atom is -0.508 e. The molecule has 7 nitrogen and oxygen atoms in total. The molecule has 0 amide bonds. The number of fused-ring (bicyclic) bond motifs is 3. The predicted octanol–water partition coefficient (Wildman–Crippen LogP) is 5.15. The van der Waals surface area contributed by atoms with E-state index in [1.54, 1.807) is 12.1 Å². The molecular weight excluding hydrogens is 555 g/mol. The van der Waals surface area contributed by atoms with Crippen LogP contribution in [0.25, 0.3) is 32.8 Å². The number of nitrogens with two attached hydrogens (primary N) is 1. The van der Waals surface area contributed by atoms with Crippen molar-refractivity contribution >= 4 is 27.5 Å². The molecule has 3 aromatic carbocycles. The molecule has 1 aromatic heterocycles. The number of terminal acetylenes is 1. The number of hydrogen-bond donors (Lipinski definition) is 2. The van der Waals surface area contributed by atoms with Crippen molar-refractivity contribution in [3.63, 3.8) is 0 Å². The van der Waals surface area contributed by atoms with Crippen LogP contribution in [0.15, 0.2) is 36.4 Å². The van der Waals surface area contributed by atoms with Gasteiger partial charge in [0.1, 0.15) is 35.7 Å². The van der Waals surface area contributed by atoms with Crippen molar-refractivity contribution in [1.29, 1.82) is 0 Å². The van der Waals surface area contributed by atoms with Crippen molar-refractivity contribution in [1.82, 2.24) is 14.9 Å². The monoisotopic (exact) mass is 587 g/mol. The Morgan fingerprint density at radius 1 is 1.16 bits per heavy atom. The standard InChI is InChI=1S/C33H32F3N5O2/c1-3-23-27(35)8-5-19-11-22(42)12-26(28(19)23)24-6-7-25-30(29(24)36)38-32(39-31(25)40-14-20(15-40)18(2)37)43-17-33-9-4-10-41(33)16-21(34)13-33/h1,5-8,11-12,18,20-21,42H,4,9-10,13-17,37H2,2H3/t18?,21-,33+/m1/s1. The zero-order chi connectivity index (χ0) is 30.0. The van der Waals surface area contributed by atoms with Crippen molar-refractivity contribution < 1.29 is 23.0 Å². The van der Waals surface area contributed by atoms with E-state index in [4.69, 9.17) is 21.9 Å². The molecule has 3 aliphatic rings. The molecule has 3 aliphatic heterocycles. The maximum atomic E-state index is 16.6. The number of aromatic nitrogens is 2. The highest BCUT2D eigenvalue weighted by molar-refractivity contribution is 6.04. The molecule has 3 saturated heterocycles. The molecular formula is C33H32F3N5O2. The smallest absolute Gasteiger partial charge is 0.319 e. The molecule has 0 bridgehead atoms. The van der Waals surface area contributed by atoms with Crippen LogP contribution in [0.5, 0.6) is 11.8 Å². The van der Waals surface area contributed by atoms with E-state index in [0.717, 1.165) is 19.4 Å². The third-order valence-electron chi connectivity index (χ3n) is 9.44. The molecule has 4 heterocycles. The summed E-state index contributed by atoms with van der Waals surface area (Å²) in [6.07, 6.45) is 6.90. The highest BCUT2D eigenvalue weighted by atomic mass is 19.1. The van der Waals surface area contributed by atoms with E-state index in [-0.39, 0.29) is 52.5 Å². The third-order valence-corrected chi connectivity index (χ3v) is 9.44. The zero-order valence-corrected chi connectivity index (χ0v) is 23.8. The normalized spacial score (nSPS) is 23.0. The van der Waals surface area contributed by atoms with Crippen LogP contribution >= 0.6 is 0 Å². The molecule has 10 heteroatoms. The minimum absolute atomic E-state index is 0.00227. The van der Waals surface area contributed by atoms with E-state index < -0.39 is 23.3 Å². The average molecular weight is 588 g/mol. The predicted molar refractivity (Wildman–Crippen MR) is 160 cm³/mol. The molecule has 7 rings (SSSR count). The van der Waals surface area contributed by atoms with Crippen molar-refractivity contribution in [3.8, 4) is 35.2 Å². The molecule has 1 unspecified atom stereocenters. The van der Waals surface area contributed by atoms with Crippen LogP contribution in [0.1, 0.15) is 31.7 Å². The summed E-state index contributed by atoms with van der Waals surface area (Å²) in [6.45, 7) is 4.65. The first-order valence-corrected chi connectivity index (χ1v) is 14.6. The summed E-state index contributed by atoms with van der Waals surface area (Å²) in [5.41, 5.74) is 6.03. The molecule has 43 heavy (non-hydrogen) atoms. The average Bonchev–Trinajstić information content (AvgIpc) is 3.47. The highest BCUT2D eigenvalue weighted by Gasteiger charge is 2.49. The van der Waals surface area contributed by atoms with Crippen molar-refractivity contribution in [2.45, 2.75) is 43.9 Å². The summed E-state index contributed by atoms with van der Waals surface area (Å²) in [5, 5.41) is 11.8. The molecule has 222 valence electrons. The van der Waals surface area contributed by atoms with E-state index in [9.17, 15) is 13.9 Å². The lowest BCUT2D eigenvalue weighted by Gasteiger charge is -2.42.